The van der Waals surface area contributed by atoms with Crippen molar-refractivity contribution in [3.63, 3.8) is 0 Å². The van der Waals surface area contributed by atoms with Crippen LogP contribution in [0.1, 0.15) is 74.7 Å². The number of rotatable bonds is 9. The van der Waals surface area contributed by atoms with E-state index in [-0.39, 0.29) is 43.3 Å². The molecule has 2 aromatic heterocycles. The van der Waals surface area contributed by atoms with Gasteiger partial charge in [0.25, 0.3) is 5.67 Å². The fourth-order valence-corrected chi connectivity index (χ4v) is 8.92. The first-order valence-electron chi connectivity index (χ1n) is 20.2. The molecule has 0 bridgehead atoms. The Morgan fingerprint density at radius 2 is 1.82 bits per heavy atom. The van der Waals surface area contributed by atoms with Crippen LogP contribution in [-0.4, -0.2) is 151 Å². The molecule has 3 unspecified atom stereocenters. The van der Waals surface area contributed by atoms with Crippen LogP contribution in [0.2, 0.25) is 0 Å². The zero-order valence-corrected chi connectivity index (χ0v) is 36.2. The first-order chi connectivity index (χ1) is 28.1. The van der Waals surface area contributed by atoms with Crippen LogP contribution in [-0.2, 0) is 38.1 Å². The number of alkyl halides is 1. The zero-order chi connectivity index (χ0) is 44.5. The largest absolute Gasteiger partial charge is 0.455 e. The summed E-state index contributed by atoms with van der Waals surface area (Å²) >= 11 is 0. The highest BCUT2D eigenvalue weighted by atomic mass is 19.1. The second-order valence-corrected chi connectivity index (χ2v) is 16.9. The van der Waals surface area contributed by atoms with Crippen LogP contribution >= 0.6 is 0 Å². The number of carbonyl (C=O) groups is 4. The van der Waals surface area contributed by atoms with Gasteiger partial charge in [-0.2, -0.15) is 0 Å². The van der Waals surface area contributed by atoms with Crippen LogP contribution in [0.4, 0.5) is 15.1 Å². The molecule has 60 heavy (non-hydrogen) atoms. The van der Waals surface area contributed by atoms with E-state index in [0.717, 1.165) is 6.92 Å². The minimum absolute atomic E-state index is 0.0358. The molecule has 0 aliphatic carbocycles. The van der Waals surface area contributed by atoms with Crippen molar-refractivity contribution in [3.05, 3.63) is 30.3 Å². The number of carbonyl (C=O) groups excluding carboxylic acids is 4. The number of aliphatic hydroxyl groups is 1. The highest BCUT2D eigenvalue weighted by Gasteiger charge is 2.61. The Kier molecular flexibility index (Phi) is 14.0. The maximum absolute atomic E-state index is 16.9. The average molecular weight is 843 g/mol. The average Bonchev–Trinajstić information content (AvgIpc) is 3.78. The minimum Gasteiger partial charge on any atom is -0.455 e. The number of ketones is 2. The van der Waals surface area contributed by atoms with Crippen molar-refractivity contribution < 1.29 is 52.4 Å². The number of cyclic esters (lactones) is 1. The molecular weight excluding hydrogens is 783 g/mol. The number of nitrogens with zero attached hydrogens (tertiary/aromatic N) is 7. The topological polar surface area (TPSA) is 224 Å². The second-order valence-electron chi connectivity index (χ2n) is 16.9. The molecule has 0 spiro atoms. The SMILES string of the molecule is CC[C@H]1OC(=O)[C@@](C)(F)C(=O)[C@H](C)[C@@H](O[C@@H]2OC(C)CC(N(C)C)C2O)[C@](C)(OC)C[C@@H](C)C(=O)[C@H](C)[C@H]2N(CC=C=Cn3cc(-c4ccnc(N)n4)nn3)C(=O)O[C@]12C. The van der Waals surface area contributed by atoms with E-state index in [4.69, 9.17) is 29.4 Å². The monoisotopic (exact) mass is 842 g/mol. The molecular formula is C41H59FN8O10. The van der Waals surface area contributed by atoms with Gasteiger partial charge in [0.2, 0.25) is 5.95 Å². The van der Waals surface area contributed by atoms with Crippen molar-refractivity contribution in [2.75, 3.05) is 33.5 Å². The van der Waals surface area contributed by atoms with Crippen molar-refractivity contribution >= 4 is 35.8 Å². The van der Waals surface area contributed by atoms with Crippen LogP contribution in [0.25, 0.3) is 17.6 Å². The highest BCUT2D eigenvalue weighted by Crippen LogP contribution is 2.43. The predicted molar refractivity (Wildman–Crippen MR) is 214 cm³/mol. The molecule has 19 heteroatoms. The number of hydrogen-bond donors (Lipinski definition) is 2. The standard InChI is InChI=1S/C41H59FN8O10/c1-12-29-41(8)32(50(38(55)60-41)18-14-13-17-49-21-27(46-47-49)26-15-16-44-37(43)45-26)24(4)30(51)22(2)20-39(6,56-11)34(25(5)33(53)40(7,42)36(54)58-29)59-35-31(52)28(48(9)10)19-23(3)57-35/h14-17,21-25,28-29,31-32,34-35,52H,12,18-20H2,1-11H3,(H2,43,44,45)/t13?,22-,23?,24+,25+,28?,29-,31?,32-,34-,35+,39-,40+,41-/m1/s1. The lowest BCUT2D eigenvalue weighted by atomic mass is 9.73. The molecule has 1 amide bonds. The first-order valence-corrected chi connectivity index (χ1v) is 20.2. The Bertz CT molecular complexity index is 1970. The molecule has 3 fully saturated rings. The molecule has 3 N–H and O–H groups in total. The van der Waals surface area contributed by atoms with Gasteiger partial charge in [0.1, 0.15) is 23.7 Å². The number of halogens is 1. The van der Waals surface area contributed by atoms with Crippen LogP contribution in [0.5, 0.6) is 0 Å². The van der Waals surface area contributed by atoms with Crippen LogP contribution in [0, 0.1) is 17.8 Å². The number of nitrogen functional groups attached to an aromatic ring is 1. The van der Waals surface area contributed by atoms with Gasteiger partial charge >= 0.3 is 12.1 Å². The number of aromatic nitrogens is 5. The van der Waals surface area contributed by atoms with Gasteiger partial charge in [-0.25, -0.2) is 28.6 Å². The van der Waals surface area contributed by atoms with Crippen molar-refractivity contribution in [1.29, 1.82) is 0 Å². The van der Waals surface area contributed by atoms with Gasteiger partial charge in [-0.15, -0.1) is 10.8 Å². The number of amides is 1. The van der Waals surface area contributed by atoms with Crippen molar-refractivity contribution in [2.24, 2.45) is 17.8 Å². The number of fused-ring (bicyclic) bond motifs is 1. The molecule has 13 atom stereocenters. The quantitative estimate of drug-likeness (QED) is 0.210. The molecule has 3 aliphatic rings. The summed E-state index contributed by atoms with van der Waals surface area (Å²) in [6.45, 7) is 12.1. The summed E-state index contributed by atoms with van der Waals surface area (Å²) in [5.74, 6) is -6.01. The fourth-order valence-electron chi connectivity index (χ4n) is 8.92. The maximum Gasteiger partial charge on any atom is 0.411 e. The number of methoxy groups -OCH3 is 1. The summed E-state index contributed by atoms with van der Waals surface area (Å²) in [6.07, 6.45) is 0.315. The number of Topliss-reactive ketones (excluding diaryl/α,β-unsaturated/α-hetero) is 2. The maximum atomic E-state index is 16.9. The van der Waals surface area contributed by atoms with E-state index >= 15 is 4.39 Å². The Balaban J connectivity index is 1.51. The zero-order valence-electron chi connectivity index (χ0n) is 36.2. The predicted octanol–water partition coefficient (Wildman–Crippen LogP) is 3.24. The van der Waals surface area contributed by atoms with E-state index in [9.17, 15) is 24.3 Å². The lowest BCUT2D eigenvalue weighted by molar-refractivity contribution is -0.295. The van der Waals surface area contributed by atoms with E-state index in [0.29, 0.717) is 17.8 Å². The second kappa shape index (κ2) is 18.1. The van der Waals surface area contributed by atoms with E-state index < -0.39 is 83.1 Å². The fraction of sp³-hybridized carbons (Fsp3) is 0.683. The summed E-state index contributed by atoms with van der Waals surface area (Å²) < 4.78 is 48.6. The van der Waals surface area contributed by atoms with Gasteiger partial charge in [-0.1, -0.05) is 32.9 Å². The molecule has 0 radical (unpaired) electrons. The number of likely N-dealkylation sites (N-methyl/N-ethyl adjacent to an activating group) is 1. The molecule has 2 aromatic rings. The number of anilines is 1. The summed E-state index contributed by atoms with van der Waals surface area (Å²) in [7, 11) is 5.00. The summed E-state index contributed by atoms with van der Waals surface area (Å²) in [6, 6.07) is 0.204. The van der Waals surface area contributed by atoms with Gasteiger partial charge < -0.3 is 39.4 Å². The number of esters is 1. The molecule has 18 nitrogen and oxygen atoms in total. The molecule has 0 saturated carbocycles. The third-order valence-corrected chi connectivity index (χ3v) is 12.2. The highest BCUT2D eigenvalue weighted by molar-refractivity contribution is 6.08. The van der Waals surface area contributed by atoms with E-state index in [1.807, 2.05) is 25.9 Å². The molecule has 5 heterocycles. The van der Waals surface area contributed by atoms with E-state index in [2.05, 4.69) is 26.0 Å². The number of nitrogens with two attached hydrogens (primary N) is 1. The van der Waals surface area contributed by atoms with Crippen molar-refractivity contribution in [3.8, 4) is 11.4 Å². The third-order valence-electron chi connectivity index (χ3n) is 12.2. The van der Waals surface area contributed by atoms with E-state index in [1.54, 1.807) is 40.0 Å². The Morgan fingerprint density at radius 1 is 1.12 bits per heavy atom. The number of aliphatic hydroxyl groups excluding tert-OH is 1. The van der Waals surface area contributed by atoms with Gasteiger partial charge in [0, 0.05) is 37.1 Å². The Hall–Kier alpha value is -4.65. The summed E-state index contributed by atoms with van der Waals surface area (Å²) in [5, 5.41) is 19.5. The van der Waals surface area contributed by atoms with Crippen LogP contribution < -0.4 is 5.73 Å². The molecule has 330 valence electrons. The van der Waals surface area contributed by atoms with Crippen LogP contribution in [0.15, 0.2) is 30.3 Å². The number of ether oxygens (including phenoxy) is 5. The minimum atomic E-state index is -3.21. The smallest absolute Gasteiger partial charge is 0.411 e. The van der Waals surface area contributed by atoms with Gasteiger partial charge in [0.05, 0.1) is 48.5 Å². The summed E-state index contributed by atoms with van der Waals surface area (Å²) in [5.41, 5.74) is 3.17. The molecule has 3 aliphatic heterocycles. The van der Waals surface area contributed by atoms with Gasteiger partial charge in [-0.3, -0.25) is 14.5 Å². The van der Waals surface area contributed by atoms with Crippen molar-refractivity contribution in [1.82, 2.24) is 34.8 Å². The lowest BCUT2D eigenvalue weighted by Gasteiger charge is -2.47. The Labute approximate surface area is 349 Å². The summed E-state index contributed by atoms with van der Waals surface area (Å²) in [4.78, 5) is 67.8. The van der Waals surface area contributed by atoms with Crippen molar-refractivity contribution in [2.45, 2.75) is 134 Å². The number of hydrogen-bond acceptors (Lipinski definition) is 16. The van der Waals surface area contributed by atoms with Gasteiger partial charge in [0.15, 0.2) is 17.7 Å². The molecule has 0 aromatic carbocycles. The first kappa shape index (κ1) is 46.4. The van der Waals surface area contributed by atoms with E-state index in [1.165, 1.54) is 49.0 Å². The molecule has 3 saturated heterocycles. The molecule has 5 rings (SSSR count). The Morgan fingerprint density at radius 3 is 2.45 bits per heavy atom. The third kappa shape index (κ3) is 9.16. The lowest BCUT2D eigenvalue weighted by Crippen LogP contribution is -2.61. The van der Waals surface area contributed by atoms with Crippen LogP contribution in [0.3, 0.4) is 0 Å². The normalized spacial score (nSPS) is 36.9. The van der Waals surface area contributed by atoms with Gasteiger partial charge in [-0.05, 0) is 73.2 Å².